The molecule has 0 amide bonds. The molecule has 68 valence electrons. The summed E-state index contributed by atoms with van der Waals surface area (Å²) in [6, 6.07) is 4.33. The first-order valence-electron chi connectivity index (χ1n) is 3.93. The molecule has 0 aromatic heterocycles. The van der Waals surface area contributed by atoms with Gasteiger partial charge in [-0.1, -0.05) is 30.3 Å². The maximum atomic E-state index is 12.7. The van der Waals surface area contributed by atoms with Crippen molar-refractivity contribution in [2.75, 3.05) is 0 Å². The second kappa shape index (κ2) is 4.24. The Morgan fingerprint density at radius 1 is 1.54 bits per heavy atom. The van der Waals surface area contributed by atoms with E-state index in [-0.39, 0.29) is 5.82 Å². The van der Waals surface area contributed by atoms with E-state index in [1.807, 2.05) is 13.0 Å². The molecule has 0 aliphatic heterocycles. The molecule has 0 unspecified atom stereocenters. The number of halogens is 2. The maximum Gasteiger partial charge on any atom is 0.124 e. The number of hydrogen-bond acceptors (Lipinski definition) is 0. The van der Waals surface area contributed by atoms with Gasteiger partial charge in [-0.2, -0.15) is 0 Å². The molecule has 0 fully saturated rings. The SMILES string of the molecule is C=C/C(=C\C)c1ccc(F)cc1Cl. The van der Waals surface area contributed by atoms with Gasteiger partial charge in [-0.05, 0) is 30.7 Å². The summed E-state index contributed by atoms with van der Waals surface area (Å²) in [6.45, 7) is 5.54. The zero-order valence-corrected chi connectivity index (χ0v) is 8.11. The van der Waals surface area contributed by atoms with Crippen molar-refractivity contribution in [1.82, 2.24) is 0 Å². The van der Waals surface area contributed by atoms with Crippen LogP contribution in [-0.4, -0.2) is 0 Å². The molecule has 1 aromatic rings. The summed E-state index contributed by atoms with van der Waals surface area (Å²) in [5.41, 5.74) is 1.71. The molecule has 13 heavy (non-hydrogen) atoms. The molecule has 0 atom stereocenters. The summed E-state index contributed by atoms with van der Waals surface area (Å²) < 4.78 is 12.7. The molecule has 0 aliphatic rings. The predicted molar refractivity (Wildman–Crippen MR) is 55.3 cm³/mol. The summed E-state index contributed by atoms with van der Waals surface area (Å²) in [5, 5.41) is 0.410. The number of rotatable bonds is 2. The average molecular weight is 197 g/mol. The van der Waals surface area contributed by atoms with Gasteiger partial charge in [0.2, 0.25) is 0 Å². The van der Waals surface area contributed by atoms with Crippen LogP contribution in [-0.2, 0) is 0 Å². The van der Waals surface area contributed by atoms with Crippen molar-refractivity contribution in [3.8, 4) is 0 Å². The van der Waals surface area contributed by atoms with Crippen molar-refractivity contribution in [2.45, 2.75) is 6.92 Å². The first-order chi connectivity index (χ1) is 6.19. The fourth-order valence-corrected chi connectivity index (χ4v) is 1.38. The maximum absolute atomic E-state index is 12.7. The Morgan fingerprint density at radius 3 is 2.69 bits per heavy atom. The normalized spacial score (nSPS) is 11.5. The molecule has 1 rings (SSSR count). The van der Waals surface area contributed by atoms with Gasteiger partial charge in [0, 0.05) is 5.56 Å². The fourth-order valence-electron chi connectivity index (χ4n) is 1.11. The lowest BCUT2D eigenvalue weighted by Crippen LogP contribution is -1.83. The van der Waals surface area contributed by atoms with Crippen LogP contribution < -0.4 is 0 Å². The minimum atomic E-state index is -0.326. The summed E-state index contributed by atoms with van der Waals surface area (Å²) >= 11 is 5.85. The van der Waals surface area contributed by atoms with Gasteiger partial charge in [-0.15, -0.1) is 0 Å². The van der Waals surface area contributed by atoms with Gasteiger partial charge in [0.15, 0.2) is 0 Å². The first kappa shape index (κ1) is 10.0. The van der Waals surface area contributed by atoms with Crippen molar-refractivity contribution in [1.29, 1.82) is 0 Å². The topological polar surface area (TPSA) is 0 Å². The summed E-state index contributed by atoms with van der Waals surface area (Å²) in [7, 11) is 0. The third-order valence-electron chi connectivity index (χ3n) is 1.77. The van der Waals surface area contributed by atoms with Gasteiger partial charge in [-0.25, -0.2) is 4.39 Å². The highest BCUT2D eigenvalue weighted by Crippen LogP contribution is 2.25. The Labute approximate surface area is 82.3 Å². The van der Waals surface area contributed by atoms with Crippen LogP contribution in [0.4, 0.5) is 4.39 Å². The molecule has 0 N–H and O–H groups in total. The largest absolute Gasteiger partial charge is 0.207 e. The molecule has 2 heteroatoms. The van der Waals surface area contributed by atoms with Crippen LogP contribution in [0.2, 0.25) is 5.02 Å². The van der Waals surface area contributed by atoms with Gasteiger partial charge >= 0.3 is 0 Å². The zero-order chi connectivity index (χ0) is 9.84. The highest BCUT2D eigenvalue weighted by atomic mass is 35.5. The van der Waals surface area contributed by atoms with Crippen LogP contribution in [0.3, 0.4) is 0 Å². The van der Waals surface area contributed by atoms with Crippen molar-refractivity contribution in [3.63, 3.8) is 0 Å². The molecule has 0 radical (unpaired) electrons. The van der Waals surface area contributed by atoms with Crippen molar-refractivity contribution >= 4 is 17.2 Å². The summed E-state index contributed by atoms with van der Waals surface area (Å²) in [4.78, 5) is 0. The minimum absolute atomic E-state index is 0.326. The van der Waals surface area contributed by atoms with Gasteiger partial charge in [-0.3, -0.25) is 0 Å². The molecule has 0 saturated carbocycles. The van der Waals surface area contributed by atoms with Gasteiger partial charge < -0.3 is 0 Å². The number of hydrogen-bond donors (Lipinski definition) is 0. The van der Waals surface area contributed by atoms with Crippen LogP contribution in [0.25, 0.3) is 5.57 Å². The monoisotopic (exact) mass is 196 g/mol. The van der Waals surface area contributed by atoms with Crippen LogP contribution in [0.15, 0.2) is 36.9 Å². The highest BCUT2D eigenvalue weighted by Gasteiger charge is 2.03. The average Bonchev–Trinajstić information content (AvgIpc) is 2.10. The molecular formula is C11H10ClF. The zero-order valence-electron chi connectivity index (χ0n) is 7.35. The number of benzene rings is 1. The van der Waals surface area contributed by atoms with Gasteiger partial charge in [0.1, 0.15) is 5.82 Å². The third kappa shape index (κ3) is 2.19. The predicted octanol–water partition coefficient (Wildman–Crippen LogP) is 4.07. The first-order valence-corrected chi connectivity index (χ1v) is 4.31. The van der Waals surface area contributed by atoms with E-state index in [1.165, 1.54) is 12.1 Å². The summed E-state index contributed by atoms with van der Waals surface area (Å²) in [6.07, 6.45) is 3.57. The van der Waals surface area contributed by atoms with Crippen molar-refractivity contribution in [2.24, 2.45) is 0 Å². The summed E-state index contributed by atoms with van der Waals surface area (Å²) in [5.74, 6) is -0.326. The van der Waals surface area contributed by atoms with Crippen LogP contribution in [0.1, 0.15) is 12.5 Å². The van der Waals surface area contributed by atoms with Crippen molar-refractivity contribution < 1.29 is 4.39 Å². The highest BCUT2D eigenvalue weighted by molar-refractivity contribution is 6.32. The van der Waals surface area contributed by atoms with E-state index < -0.39 is 0 Å². The molecule has 0 heterocycles. The van der Waals surface area contributed by atoms with E-state index in [9.17, 15) is 4.39 Å². The lowest BCUT2D eigenvalue weighted by atomic mass is 10.1. The van der Waals surface area contributed by atoms with Crippen LogP contribution >= 0.6 is 11.6 Å². The lowest BCUT2D eigenvalue weighted by Gasteiger charge is -2.03. The van der Waals surface area contributed by atoms with Crippen LogP contribution in [0, 0.1) is 5.82 Å². The quantitative estimate of drug-likeness (QED) is 0.626. The van der Waals surface area contributed by atoms with Crippen LogP contribution in [0.5, 0.6) is 0 Å². The Bertz CT molecular complexity index is 353. The minimum Gasteiger partial charge on any atom is -0.207 e. The van der Waals surface area contributed by atoms with E-state index in [2.05, 4.69) is 6.58 Å². The second-order valence-electron chi connectivity index (χ2n) is 2.57. The molecular weight excluding hydrogens is 187 g/mol. The molecule has 0 spiro atoms. The van der Waals surface area contributed by atoms with Crippen molar-refractivity contribution in [3.05, 3.63) is 53.3 Å². The molecule has 0 bridgehead atoms. The standard InChI is InChI=1S/C11H10ClF/c1-3-8(4-2)10-6-5-9(13)7-11(10)12/h3-7H,1H2,2H3/b8-4+. The number of allylic oxidation sites excluding steroid dienone is 3. The Morgan fingerprint density at radius 2 is 2.23 bits per heavy atom. The molecule has 1 aromatic carbocycles. The van der Waals surface area contributed by atoms with E-state index >= 15 is 0 Å². The lowest BCUT2D eigenvalue weighted by molar-refractivity contribution is 0.628. The van der Waals surface area contributed by atoms with E-state index in [0.717, 1.165) is 11.1 Å². The molecule has 0 saturated heterocycles. The molecule has 0 nitrogen and oxygen atoms in total. The van der Waals surface area contributed by atoms with Gasteiger partial charge in [0.05, 0.1) is 5.02 Å². The molecule has 0 aliphatic carbocycles. The van der Waals surface area contributed by atoms with E-state index in [1.54, 1.807) is 12.1 Å². The van der Waals surface area contributed by atoms with E-state index in [0.29, 0.717) is 5.02 Å². The Kier molecular flexibility index (Phi) is 3.26. The second-order valence-corrected chi connectivity index (χ2v) is 2.98. The third-order valence-corrected chi connectivity index (χ3v) is 2.09. The Balaban J connectivity index is 3.22. The van der Waals surface area contributed by atoms with E-state index in [4.69, 9.17) is 11.6 Å². The van der Waals surface area contributed by atoms with Gasteiger partial charge in [0.25, 0.3) is 0 Å². The Hall–Kier alpha value is -1.08. The smallest absolute Gasteiger partial charge is 0.124 e. The fraction of sp³-hybridized carbons (Fsp3) is 0.0909.